The Morgan fingerprint density at radius 3 is 2.30 bits per heavy atom. The molecule has 0 aliphatic heterocycles. The Morgan fingerprint density at radius 1 is 0.900 bits per heavy atom. The molecule has 1 amide bonds. The van der Waals surface area contributed by atoms with Gasteiger partial charge in [-0.3, -0.25) is 4.79 Å². The zero-order valence-electron chi connectivity index (χ0n) is 23.1. The molecule has 0 radical (unpaired) electrons. The number of ether oxygens (including phenoxy) is 4. The molecule has 0 aliphatic rings. The van der Waals surface area contributed by atoms with Crippen LogP contribution in [-0.4, -0.2) is 58.8 Å². The molecule has 0 unspecified atom stereocenters. The Balaban J connectivity index is 1.79. The monoisotopic (exact) mass is 569 g/mol. The van der Waals surface area contributed by atoms with Crippen molar-refractivity contribution in [3.8, 4) is 23.0 Å². The van der Waals surface area contributed by atoms with Crippen LogP contribution in [0, 0.1) is 0 Å². The molecule has 214 valence electrons. The van der Waals surface area contributed by atoms with Crippen molar-refractivity contribution in [1.29, 1.82) is 0 Å². The van der Waals surface area contributed by atoms with Crippen molar-refractivity contribution in [2.75, 3.05) is 34.0 Å². The van der Waals surface area contributed by atoms with E-state index in [-0.39, 0.29) is 17.2 Å². The number of nitrogens with one attached hydrogen (secondary N) is 1. The first-order valence-corrected chi connectivity index (χ1v) is 14.2. The summed E-state index contributed by atoms with van der Waals surface area (Å²) in [6.07, 6.45) is 2.32. The summed E-state index contributed by atoms with van der Waals surface area (Å²) in [5.41, 5.74) is 3.81. The van der Waals surface area contributed by atoms with Crippen molar-refractivity contribution in [2.45, 2.75) is 31.7 Å². The van der Waals surface area contributed by atoms with Gasteiger partial charge in [0.1, 0.15) is 0 Å². The van der Waals surface area contributed by atoms with Gasteiger partial charge in [0.2, 0.25) is 10.0 Å². The number of hydrogen-bond donors (Lipinski definition) is 1. The molecule has 0 heterocycles. The van der Waals surface area contributed by atoms with Crippen LogP contribution in [0.25, 0.3) is 0 Å². The van der Waals surface area contributed by atoms with Crippen molar-refractivity contribution in [2.24, 2.45) is 5.10 Å². The molecule has 11 heteroatoms. The first kappa shape index (κ1) is 30.5. The highest BCUT2D eigenvalue weighted by molar-refractivity contribution is 7.89. The highest BCUT2D eigenvalue weighted by Crippen LogP contribution is 2.31. The number of amides is 1. The van der Waals surface area contributed by atoms with Gasteiger partial charge in [-0.2, -0.15) is 9.41 Å². The number of methoxy groups -OCH3 is 2. The molecule has 0 bridgehead atoms. The lowest BCUT2D eigenvalue weighted by Gasteiger charge is -2.22. The molecule has 10 nitrogen and oxygen atoms in total. The summed E-state index contributed by atoms with van der Waals surface area (Å²) < 4.78 is 50.2. The number of benzene rings is 3. The lowest BCUT2D eigenvalue weighted by atomic mass is 10.2. The number of carbonyl (C=O) groups is 1. The van der Waals surface area contributed by atoms with E-state index < -0.39 is 22.5 Å². The lowest BCUT2D eigenvalue weighted by Crippen LogP contribution is -2.39. The summed E-state index contributed by atoms with van der Waals surface area (Å²) in [4.78, 5) is 12.8. The average molecular weight is 570 g/mol. The highest BCUT2D eigenvalue weighted by Gasteiger charge is 2.28. The minimum Gasteiger partial charge on any atom is -0.493 e. The standard InChI is InChI=1S/C29H35N3O7S/c1-5-16-39-26-14-12-23(17-28(26)38-6-2)19-30-31-29(33)21-32(20-22-10-8-7-9-11-22)40(34,35)24-13-15-25(36-3)27(18-24)37-4/h7-15,17-19H,5-6,16,20-21H2,1-4H3,(H,31,33)/b30-19-. The van der Waals surface area contributed by atoms with E-state index in [1.807, 2.05) is 19.9 Å². The van der Waals surface area contributed by atoms with Crippen molar-refractivity contribution in [3.63, 3.8) is 0 Å². The van der Waals surface area contributed by atoms with Crippen LogP contribution in [0.2, 0.25) is 0 Å². The van der Waals surface area contributed by atoms with Gasteiger partial charge in [0.05, 0.1) is 45.1 Å². The average Bonchev–Trinajstić information content (AvgIpc) is 2.96. The maximum atomic E-state index is 13.6. The summed E-state index contributed by atoms with van der Waals surface area (Å²) in [7, 11) is -1.21. The molecule has 3 aromatic carbocycles. The largest absolute Gasteiger partial charge is 0.493 e. The first-order valence-electron chi connectivity index (χ1n) is 12.8. The Labute approximate surface area is 235 Å². The second kappa shape index (κ2) is 14.9. The Morgan fingerprint density at radius 2 is 1.62 bits per heavy atom. The van der Waals surface area contributed by atoms with Gasteiger partial charge < -0.3 is 18.9 Å². The second-order valence-corrected chi connectivity index (χ2v) is 10.5. The van der Waals surface area contributed by atoms with Gasteiger partial charge in [-0.15, -0.1) is 0 Å². The van der Waals surface area contributed by atoms with Crippen molar-refractivity contribution < 1.29 is 32.2 Å². The molecule has 1 N–H and O–H groups in total. The summed E-state index contributed by atoms with van der Waals surface area (Å²) in [6.45, 7) is 4.44. The zero-order chi connectivity index (χ0) is 29.0. The van der Waals surface area contributed by atoms with Crippen LogP contribution < -0.4 is 24.4 Å². The van der Waals surface area contributed by atoms with Gasteiger partial charge >= 0.3 is 0 Å². The fraction of sp³-hybridized carbons (Fsp3) is 0.310. The maximum Gasteiger partial charge on any atom is 0.255 e. The SMILES string of the molecule is CCCOc1ccc(/C=N\NC(=O)CN(Cc2ccccc2)S(=O)(=O)c2ccc(OC)c(OC)c2)cc1OCC. The van der Waals surface area contributed by atoms with Gasteiger partial charge in [0.15, 0.2) is 23.0 Å². The zero-order valence-corrected chi connectivity index (χ0v) is 23.9. The minimum atomic E-state index is -4.10. The first-order chi connectivity index (χ1) is 19.3. The number of sulfonamides is 1. The van der Waals surface area contributed by atoms with E-state index >= 15 is 0 Å². The van der Waals surface area contributed by atoms with Gasteiger partial charge in [0, 0.05) is 12.6 Å². The number of carbonyl (C=O) groups excluding carboxylic acids is 1. The van der Waals surface area contributed by atoms with E-state index in [1.165, 1.54) is 38.6 Å². The summed E-state index contributed by atoms with van der Waals surface area (Å²) >= 11 is 0. The maximum absolute atomic E-state index is 13.6. The highest BCUT2D eigenvalue weighted by atomic mass is 32.2. The van der Waals surface area contributed by atoms with Crippen molar-refractivity contribution in [1.82, 2.24) is 9.73 Å². The van der Waals surface area contributed by atoms with E-state index in [4.69, 9.17) is 18.9 Å². The van der Waals surface area contributed by atoms with Crippen molar-refractivity contribution >= 4 is 22.1 Å². The lowest BCUT2D eigenvalue weighted by molar-refractivity contribution is -0.121. The third-order valence-corrected chi connectivity index (χ3v) is 7.43. The topological polar surface area (TPSA) is 116 Å². The minimum absolute atomic E-state index is 0.0222. The van der Waals surface area contributed by atoms with Crippen LogP contribution >= 0.6 is 0 Å². The fourth-order valence-corrected chi connectivity index (χ4v) is 5.12. The molecule has 0 spiro atoms. The quantitative estimate of drug-likeness (QED) is 0.215. The molecule has 0 atom stereocenters. The summed E-state index contributed by atoms with van der Waals surface area (Å²) in [6, 6.07) is 18.6. The molecular formula is C29H35N3O7S. The van der Waals surface area contributed by atoms with Gasteiger partial charge in [0.25, 0.3) is 5.91 Å². The Hall–Kier alpha value is -4.09. The molecule has 0 aromatic heterocycles. The smallest absolute Gasteiger partial charge is 0.255 e. The normalized spacial score (nSPS) is 11.4. The number of hydrogen-bond acceptors (Lipinski definition) is 8. The number of hydrazone groups is 1. The summed E-state index contributed by atoms with van der Waals surface area (Å²) in [5.74, 6) is 1.24. The van der Waals surface area contributed by atoms with Crippen LogP contribution in [0.3, 0.4) is 0 Å². The molecule has 0 saturated carbocycles. The fourth-order valence-electron chi connectivity index (χ4n) is 3.72. The Bertz CT molecular complexity index is 1400. The van der Waals surface area contributed by atoms with Gasteiger partial charge in [-0.05, 0) is 54.8 Å². The van der Waals surface area contributed by atoms with E-state index in [0.717, 1.165) is 16.3 Å². The molecule has 0 fully saturated rings. The molecular weight excluding hydrogens is 534 g/mol. The van der Waals surface area contributed by atoms with Crippen LogP contribution in [-0.2, 0) is 21.4 Å². The van der Waals surface area contributed by atoms with Crippen LogP contribution in [0.15, 0.2) is 76.7 Å². The predicted molar refractivity (Wildman–Crippen MR) is 153 cm³/mol. The van der Waals surface area contributed by atoms with Crippen molar-refractivity contribution in [3.05, 3.63) is 77.9 Å². The third-order valence-electron chi connectivity index (χ3n) is 5.65. The number of rotatable bonds is 15. The molecule has 0 saturated heterocycles. The molecule has 0 aliphatic carbocycles. The predicted octanol–water partition coefficient (Wildman–Crippen LogP) is 4.23. The van der Waals surface area contributed by atoms with Crippen LogP contribution in [0.5, 0.6) is 23.0 Å². The van der Waals surface area contributed by atoms with E-state index in [2.05, 4.69) is 10.5 Å². The third kappa shape index (κ3) is 8.20. The van der Waals surface area contributed by atoms with E-state index in [1.54, 1.807) is 42.5 Å². The number of nitrogens with zero attached hydrogens (tertiary/aromatic N) is 2. The Kier molecular flexibility index (Phi) is 11.3. The molecule has 3 aromatic rings. The van der Waals surface area contributed by atoms with Crippen LogP contribution in [0.1, 0.15) is 31.4 Å². The summed E-state index contributed by atoms with van der Waals surface area (Å²) in [5, 5.41) is 4.02. The van der Waals surface area contributed by atoms with Gasteiger partial charge in [-0.1, -0.05) is 37.3 Å². The van der Waals surface area contributed by atoms with E-state index in [9.17, 15) is 13.2 Å². The van der Waals surface area contributed by atoms with Gasteiger partial charge in [-0.25, -0.2) is 13.8 Å². The molecule has 3 rings (SSSR count). The van der Waals surface area contributed by atoms with E-state index in [0.29, 0.717) is 36.0 Å². The van der Waals surface area contributed by atoms with Crippen LogP contribution in [0.4, 0.5) is 0 Å². The molecule has 40 heavy (non-hydrogen) atoms. The second-order valence-electron chi connectivity index (χ2n) is 8.56.